The maximum atomic E-state index is 12.0. The number of amides is 3. The Labute approximate surface area is 137 Å². The molecular weight excluding hydrogens is 290 g/mol. The summed E-state index contributed by atoms with van der Waals surface area (Å²) in [6.07, 6.45) is 6.77. The largest absolute Gasteiger partial charge is 0.335 e. The van der Waals surface area contributed by atoms with Crippen LogP contribution in [0, 0.1) is 0 Å². The number of benzene rings is 1. The Morgan fingerprint density at radius 3 is 2.74 bits per heavy atom. The average Bonchev–Trinajstić information content (AvgIpc) is 2.97. The number of hydrogen-bond acceptors (Lipinski definition) is 2. The van der Waals surface area contributed by atoms with Crippen LogP contribution in [-0.4, -0.2) is 24.5 Å². The molecule has 2 aliphatic rings. The SMILES string of the molecule is CC(=O)N1CCc2cc(CNC(=O)NC3CCCCC3)ccc21. The molecule has 1 aromatic carbocycles. The molecule has 0 bridgehead atoms. The summed E-state index contributed by atoms with van der Waals surface area (Å²) in [7, 11) is 0. The summed E-state index contributed by atoms with van der Waals surface area (Å²) < 4.78 is 0. The van der Waals surface area contributed by atoms with Gasteiger partial charge in [0.2, 0.25) is 5.91 Å². The van der Waals surface area contributed by atoms with E-state index < -0.39 is 0 Å². The average molecular weight is 315 g/mol. The first-order chi connectivity index (χ1) is 11.1. The van der Waals surface area contributed by atoms with Gasteiger partial charge in [0, 0.05) is 31.7 Å². The van der Waals surface area contributed by atoms with Crippen LogP contribution in [0.2, 0.25) is 0 Å². The Morgan fingerprint density at radius 2 is 2.00 bits per heavy atom. The van der Waals surface area contributed by atoms with Gasteiger partial charge in [-0.1, -0.05) is 31.4 Å². The van der Waals surface area contributed by atoms with E-state index in [-0.39, 0.29) is 11.9 Å². The molecule has 1 aliphatic carbocycles. The number of carbonyl (C=O) groups excluding carboxylic acids is 2. The van der Waals surface area contributed by atoms with E-state index in [1.54, 1.807) is 6.92 Å². The van der Waals surface area contributed by atoms with Gasteiger partial charge in [0.15, 0.2) is 0 Å². The molecule has 23 heavy (non-hydrogen) atoms. The summed E-state index contributed by atoms with van der Waals surface area (Å²) in [4.78, 5) is 25.4. The van der Waals surface area contributed by atoms with Gasteiger partial charge in [-0.15, -0.1) is 0 Å². The van der Waals surface area contributed by atoms with Gasteiger partial charge < -0.3 is 15.5 Å². The molecular formula is C18H25N3O2. The standard InChI is InChI=1S/C18H25N3O2/c1-13(22)21-10-9-15-11-14(7-8-17(15)21)12-19-18(23)20-16-5-3-2-4-6-16/h7-8,11,16H,2-6,9-10,12H2,1H3,(H2,19,20,23). The van der Waals surface area contributed by atoms with Gasteiger partial charge in [-0.3, -0.25) is 4.79 Å². The molecule has 5 heteroatoms. The topological polar surface area (TPSA) is 61.4 Å². The highest BCUT2D eigenvalue weighted by molar-refractivity contribution is 5.93. The first-order valence-electron chi connectivity index (χ1n) is 8.58. The second kappa shape index (κ2) is 7.02. The summed E-state index contributed by atoms with van der Waals surface area (Å²) in [5, 5.41) is 6.00. The third-order valence-corrected chi connectivity index (χ3v) is 4.81. The Balaban J connectivity index is 1.53. The van der Waals surface area contributed by atoms with Crippen molar-refractivity contribution in [1.29, 1.82) is 0 Å². The Morgan fingerprint density at radius 1 is 1.22 bits per heavy atom. The van der Waals surface area contributed by atoms with E-state index in [9.17, 15) is 9.59 Å². The minimum Gasteiger partial charge on any atom is -0.335 e. The van der Waals surface area contributed by atoms with Crippen molar-refractivity contribution in [3.05, 3.63) is 29.3 Å². The molecule has 3 amide bonds. The molecule has 5 nitrogen and oxygen atoms in total. The number of anilines is 1. The van der Waals surface area contributed by atoms with Gasteiger partial charge >= 0.3 is 6.03 Å². The Hall–Kier alpha value is -2.04. The zero-order valence-corrected chi connectivity index (χ0v) is 13.7. The van der Waals surface area contributed by atoms with E-state index in [0.29, 0.717) is 12.6 Å². The van der Waals surface area contributed by atoms with Crippen LogP contribution in [0.5, 0.6) is 0 Å². The molecule has 1 fully saturated rings. The van der Waals surface area contributed by atoms with Crippen molar-refractivity contribution >= 4 is 17.6 Å². The molecule has 0 spiro atoms. The monoisotopic (exact) mass is 315 g/mol. The van der Waals surface area contributed by atoms with Gasteiger partial charge in [-0.25, -0.2) is 4.79 Å². The molecule has 3 rings (SSSR count). The summed E-state index contributed by atoms with van der Waals surface area (Å²) in [5.74, 6) is 0.0847. The summed E-state index contributed by atoms with van der Waals surface area (Å²) in [5.41, 5.74) is 3.27. The number of nitrogens with one attached hydrogen (secondary N) is 2. The van der Waals surface area contributed by atoms with Crippen LogP contribution < -0.4 is 15.5 Å². The summed E-state index contributed by atoms with van der Waals surface area (Å²) in [6.45, 7) is 2.87. The normalized spacial score (nSPS) is 17.7. The lowest BCUT2D eigenvalue weighted by atomic mass is 9.96. The fraction of sp³-hybridized carbons (Fsp3) is 0.556. The van der Waals surface area contributed by atoms with Crippen molar-refractivity contribution in [3.8, 4) is 0 Å². The lowest BCUT2D eigenvalue weighted by Gasteiger charge is -2.22. The number of urea groups is 1. The minimum absolute atomic E-state index is 0.0808. The van der Waals surface area contributed by atoms with E-state index in [4.69, 9.17) is 0 Å². The molecule has 1 saturated carbocycles. The maximum absolute atomic E-state index is 12.0. The Bertz CT molecular complexity index is 594. The van der Waals surface area contributed by atoms with Crippen LogP contribution in [-0.2, 0) is 17.8 Å². The van der Waals surface area contributed by atoms with Gasteiger partial charge in [0.25, 0.3) is 0 Å². The number of fused-ring (bicyclic) bond motifs is 1. The quantitative estimate of drug-likeness (QED) is 0.901. The molecule has 0 unspecified atom stereocenters. The number of hydrogen-bond donors (Lipinski definition) is 2. The van der Waals surface area contributed by atoms with E-state index in [0.717, 1.165) is 37.1 Å². The van der Waals surface area contributed by atoms with Gasteiger partial charge in [-0.2, -0.15) is 0 Å². The molecule has 1 aromatic rings. The third-order valence-electron chi connectivity index (χ3n) is 4.81. The number of rotatable bonds is 3. The first-order valence-corrected chi connectivity index (χ1v) is 8.58. The highest BCUT2D eigenvalue weighted by Gasteiger charge is 2.22. The third kappa shape index (κ3) is 3.84. The lowest BCUT2D eigenvalue weighted by Crippen LogP contribution is -2.42. The zero-order chi connectivity index (χ0) is 16.2. The molecule has 0 aromatic heterocycles. The van der Waals surface area contributed by atoms with Crippen LogP contribution in [0.4, 0.5) is 10.5 Å². The summed E-state index contributed by atoms with van der Waals surface area (Å²) >= 11 is 0. The van der Waals surface area contributed by atoms with Crippen LogP contribution in [0.1, 0.15) is 50.2 Å². The van der Waals surface area contributed by atoms with Crippen LogP contribution in [0.3, 0.4) is 0 Å². The fourth-order valence-electron chi connectivity index (χ4n) is 3.56. The van der Waals surface area contributed by atoms with Crippen molar-refractivity contribution in [3.63, 3.8) is 0 Å². The predicted octanol–water partition coefficient (Wildman–Crippen LogP) is 2.73. The highest BCUT2D eigenvalue weighted by atomic mass is 16.2. The zero-order valence-electron chi connectivity index (χ0n) is 13.7. The number of nitrogens with zero attached hydrogens (tertiary/aromatic N) is 1. The summed E-state index contributed by atoms with van der Waals surface area (Å²) in [6, 6.07) is 6.32. The van der Waals surface area contributed by atoms with Gasteiger partial charge in [-0.05, 0) is 36.5 Å². The first kappa shape index (κ1) is 15.8. The van der Waals surface area contributed by atoms with Crippen molar-refractivity contribution in [1.82, 2.24) is 10.6 Å². The van der Waals surface area contributed by atoms with E-state index in [2.05, 4.69) is 16.7 Å². The molecule has 2 N–H and O–H groups in total. The highest BCUT2D eigenvalue weighted by Crippen LogP contribution is 2.28. The molecule has 0 radical (unpaired) electrons. The van der Waals surface area contributed by atoms with Crippen LogP contribution >= 0.6 is 0 Å². The molecule has 0 saturated heterocycles. The maximum Gasteiger partial charge on any atom is 0.315 e. The lowest BCUT2D eigenvalue weighted by molar-refractivity contribution is -0.116. The van der Waals surface area contributed by atoms with E-state index >= 15 is 0 Å². The second-order valence-corrected chi connectivity index (χ2v) is 6.55. The fourth-order valence-corrected chi connectivity index (χ4v) is 3.56. The Kier molecular flexibility index (Phi) is 4.84. The van der Waals surface area contributed by atoms with Crippen molar-refractivity contribution in [2.24, 2.45) is 0 Å². The van der Waals surface area contributed by atoms with Crippen LogP contribution in [0.15, 0.2) is 18.2 Å². The van der Waals surface area contributed by atoms with E-state index in [1.807, 2.05) is 17.0 Å². The number of carbonyl (C=O) groups is 2. The van der Waals surface area contributed by atoms with Crippen molar-refractivity contribution < 1.29 is 9.59 Å². The predicted molar refractivity (Wildman–Crippen MR) is 90.4 cm³/mol. The van der Waals surface area contributed by atoms with Crippen molar-refractivity contribution in [2.45, 2.75) is 58.0 Å². The van der Waals surface area contributed by atoms with Crippen molar-refractivity contribution in [2.75, 3.05) is 11.4 Å². The molecule has 1 heterocycles. The van der Waals surface area contributed by atoms with E-state index in [1.165, 1.54) is 24.8 Å². The minimum atomic E-state index is -0.0808. The smallest absolute Gasteiger partial charge is 0.315 e. The van der Waals surface area contributed by atoms with Gasteiger partial charge in [0.1, 0.15) is 0 Å². The second-order valence-electron chi connectivity index (χ2n) is 6.55. The molecule has 124 valence electrons. The molecule has 1 aliphatic heterocycles. The molecule has 0 atom stereocenters. The van der Waals surface area contributed by atoms with Crippen LogP contribution in [0.25, 0.3) is 0 Å². The van der Waals surface area contributed by atoms with Gasteiger partial charge in [0.05, 0.1) is 0 Å².